The van der Waals surface area contributed by atoms with E-state index in [0.717, 1.165) is 28.0 Å². The third kappa shape index (κ3) is 4.90. The Morgan fingerprint density at radius 2 is 1.71 bits per heavy atom. The minimum Gasteiger partial charge on any atom is -0.497 e. The molecule has 1 N–H and O–H groups in total. The van der Waals surface area contributed by atoms with Crippen molar-refractivity contribution in [1.82, 2.24) is 4.57 Å². The van der Waals surface area contributed by atoms with E-state index >= 15 is 0 Å². The SMILES string of the molecule is COc1ccc(NC(=O)Cn2c3c(sc2=O)C(c2cccc(Cl)c2Cl)C2C(=O)N(c4ccc(F)cc4)C(=O)C2S3)cc1. The van der Waals surface area contributed by atoms with Gasteiger partial charge in [0.15, 0.2) is 0 Å². The largest absolute Gasteiger partial charge is 0.497 e. The molecule has 0 aliphatic carbocycles. The molecular formula is C29H20Cl2FN3O5S2. The Kier molecular flexibility index (Phi) is 7.61. The number of rotatable bonds is 6. The molecule has 3 unspecified atom stereocenters. The van der Waals surface area contributed by atoms with Crippen molar-refractivity contribution in [3.8, 4) is 5.75 Å². The molecule has 8 nitrogen and oxygen atoms in total. The van der Waals surface area contributed by atoms with Gasteiger partial charge in [0.2, 0.25) is 17.7 Å². The van der Waals surface area contributed by atoms with Crippen LogP contribution in [0.5, 0.6) is 5.75 Å². The third-order valence-corrected chi connectivity index (χ3v) is 10.6. The summed E-state index contributed by atoms with van der Waals surface area (Å²) in [6, 6.07) is 16.8. The number of hydrogen-bond acceptors (Lipinski definition) is 7. The number of anilines is 2. The second-order valence-corrected chi connectivity index (χ2v) is 12.5. The van der Waals surface area contributed by atoms with Gasteiger partial charge >= 0.3 is 4.87 Å². The summed E-state index contributed by atoms with van der Waals surface area (Å²) >= 11 is 14.9. The first-order valence-electron chi connectivity index (χ1n) is 12.6. The second kappa shape index (κ2) is 11.2. The van der Waals surface area contributed by atoms with Gasteiger partial charge in [-0.1, -0.05) is 58.4 Å². The molecule has 0 bridgehead atoms. The zero-order chi connectivity index (χ0) is 29.7. The number of nitrogens with one attached hydrogen (secondary N) is 1. The minimum atomic E-state index is -0.931. The van der Waals surface area contributed by atoms with Crippen molar-refractivity contribution >= 4 is 75.4 Å². The number of thioether (sulfide) groups is 1. The summed E-state index contributed by atoms with van der Waals surface area (Å²) in [5.74, 6) is -3.06. The molecular weight excluding hydrogens is 624 g/mol. The molecule has 2 aliphatic rings. The van der Waals surface area contributed by atoms with Crippen LogP contribution in [0, 0.1) is 11.7 Å². The van der Waals surface area contributed by atoms with Crippen LogP contribution in [0.3, 0.4) is 0 Å². The Morgan fingerprint density at radius 3 is 2.40 bits per heavy atom. The van der Waals surface area contributed by atoms with Gasteiger partial charge in [0, 0.05) is 16.5 Å². The van der Waals surface area contributed by atoms with E-state index in [4.69, 9.17) is 27.9 Å². The van der Waals surface area contributed by atoms with Crippen LogP contribution < -0.4 is 19.8 Å². The first kappa shape index (κ1) is 28.5. The van der Waals surface area contributed by atoms with Gasteiger partial charge in [0.25, 0.3) is 0 Å². The number of amides is 3. The molecule has 6 rings (SSSR count). The van der Waals surface area contributed by atoms with Gasteiger partial charge in [0.1, 0.15) is 23.4 Å². The summed E-state index contributed by atoms with van der Waals surface area (Å²) in [4.78, 5) is 55.1. The van der Waals surface area contributed by atoms with Gasteiger partial charge in [-0.25, -0.2) is 9.29 Å². The molecule has 42 heavy (non-hydrogen) atoms. The number of nitrogens with zero attached hydrogens (tertiary/aromatic N) is 2. The van der Waals surface area contributed by atoms with Gasteiger partial charge < -0.3 is 10.1 Å². The molecule has 13 heteroatoms. The van der Waals surface area contributed by atoms with Crippen molar-refractivity contribution in [1.29, 1.82) is 0 Å². The maximum absolute atomic E-state index is 13.9. The van der Waals surface area contributed by atoms with Crippen LogP contribution in [-0.2, 0) is 20.9 Å². The maximum Gasteiger partial charge on any atom is 0.308 e. The predicted molar refractivity (Wildman–Crippen MR) is 161 cm³/mol. The molecule has 1 fully saturated rings. The standard InChI is InChI=1S/C29H20Cl2FN3O5S2/c1-40-17-11-7-15(8-12-17)33-20(36)13-34-28-25(42-29(34)39)21(18-3-2-4-19(30)23(18)31)22-24(41-28)27(38)35(26(22)37)16-9-5-14(32)6-10-16/h2-12,21-22,24H,13H2,1H3,(H,33,36). The van der Waals surface area contributed by atoms with Crippen molar-refractivity contribution in [2.75, 3.05) is 17.3 Å². The molecule has 0 saturated carbocycles. The van der Waals surface area contributed by atoms with Crippen LogP contribution in [-0.4, -0.2) is 34.6 Å². The highest BCUT2D eigenvalue weighted by molar-refractivity contribution is 8.00. The molecule has 1 aromatic heterocycles. The van der Waals surface area contributed by atoms with Crippen molar-refractivity contribution in [2.45, 2.75) is 22.7 Å². The minimum absolute atomic E-state index is 0.200. The van der Waals surface area contributed by atoms with Crippen LogP contribution >= 0.6 is 46.3 Å². The fourth-order valence-electron chi connectivity index (χ4n) is 5.21. The van der Waals surface area contributed by atoms with E-state index in [1.807, 2.05) is 0 Å². The predicted octanol–water partition coefficient (Wildman–Crippen LogP) is 5.80. The molecule has 4 aromatic rings. The number of halogens is 3. The number of aromatic nitrogens is 1. The number of fused-ring (bicyclic) bond motifs is 2. The van der Waals surface area contributed by atoms with E-state index in [1.54, 1.807) is 42.5 Å². The summed E-state index contributed by atoms with van der Waals surface area (Å²) < 4.78 is 20.1. The molecule has 3 atom stereocenters. The number of thiazole rings is 1. The van der Waals surface area contributed by atoms with E-state index in [9.17, 15) is 23.6 Å². The fraction of sp³-hybridized carbons (Fsp3) is 0.172. The van der Waals surface area contributed by atoms with Gasteiger partial charge in [-0.3, -0.25) is 23.7 Å². The van der Waals surface area contributed by atoms with Gasteiger partial charge in [-0.2, -0.15) is 0 Å². The van der Waals surface area contributed by atoms with Crippen LogP contribution in [0.25, 0.3) is 0 Å². The molecule has 2 aliphatic heterocycles. The Balaban J connectivity index is 1.41. The summed E-state index contributed by atoms with van der Waals surface area (Å²) in [6.07, 6.45) is 0. The first-order valence-corrected chi connectivity index (χ1v) is 15.0. The first-order chi connectivity index (χ1) is 20.2. The Morgan fingerprint density at radius 1 is 1.00 bits per heavy atom. The van der Waals surface area contributed by atoms with E-state index in [2.05, 4.69) is 5.32 Å². The summed E-state index contributed by atoms with van der Waals surface area (Å²) in [7, 11) is 1.54. The van der Waals surface area contributed by atoms with E-state index < -0.39 is 45.5 Å². The number of hydrogen-bond donors (Lipinski definition) is 1. The van der Waals surface area contributed by atoms with E-state index in [-0.39, 0.29) is 22.3 Å². The van der Waals surface area contributed by atoms with Gasteiger partial charge in [0.05, 0.1) is 33.8 Å². The number of ether oxygens (including phenoxy) is 1. The van der Waals surface area contributed by atoms with Crippen molar-refractivity contribution in [3.05, 3.63) is 103 Å². The zero-order valence-corrected chi connectivity index (χ0v) is 24.8. The summed E-state index contributed by atoms with van der Waals surface area (Å²) in [6.45, 7) is -0.319. The lowest BCUT2D eigenvalue weighted by molar-refractivity contribution is -0.122. The van der Waals surface area contributed by atoms with Crippen LogP contribution in [0.2, 0.25) is 10.0 Å². The third-order valence-electron chi connectivity index (χ3n) is 7.13. The topological polar surface area (TPSA) is 97.7 Å². The number of methoxy groups -OCH3 is 1. The molecule has 0 radical (unpaired) electrons. The summed E-state index contributed by atoms with van der Waals surface area (Å²) in [5.41, 5.74) is 1.23. The fourth-order valence-corrected chi connectivity index (χ4v) is 8.40. The van der Waals surface area contributed by atoms with Gasteiger partial charge in [-0.05, 0) is 60.2 Å². The Bertz CT molecular complexity index is 1790. The highest BCUT2D eigenvalue weighted by Crippen LogP contribution is 2.55. The lowest BCUT2D eigenvalue weighted by atomic mass is 9.83. The van der Waals surface area contributed by atoms with Crippen LogP contribution in [0.15, 0.2) is 76.6 Å². The normalized spacial score (nSPS) is 19.4. The van der Waals surface area contributed by atoms with E-state index in [0.29, 0.717) is 26.9 Å². The average molecular weight is 645 g/mol. The molecule has 1 saturated heterocycles. The number of carbonyl (C=O) groups is 3. The average Bonchev–Trinajstić information content (AvgIpc) is 3.42. The maximum atomic E-state index is 13.9. The molecule has 214 valence electrons. The second-order valence-electron chi connectivity index (χ2n) is 9.57. The monoisotopic (exact) mass is 643 g/mol. The van der Waals surface area contributed by atoms with Crippen LogP contribution in [0.4, 0.5) is 15.8 Å². The molecule has 3 aromatic carbocycles. The van der Waals surface area contributed by atoms with Gasteiger partial charge in [-0.15, -0.1) is 0 Å². The Labute approximate surface area is 257 Å². The zero-order valence-electron chi connectivity index (χ0n) is 21.7. The Hall–Kier alpha value is -3.64. The quantitative estimate of drug-likeness (QED) is 0.267. The molecule has 0 spiro atoms. The number of carbonyl (C=O) groups excluding carboxylic acids is 3. The number of benzene rings is 3. The van der Waals surface area contributed by atoms with Crippen LogP contribution in [0.1, 0.15) is 16.4 Å². The lowest BCUT2D eigenvalue weighted by Crippen LogP contribution is -2.33. The van der Waals surface area contributed by atoms with Crippen molar-refractivity contribution in [3.63, 3.8) is 0 Å². The number of imide groups is 1. The van der Waals surface area contributed by atoms with Crippen molar-refractivity contribution in [2.24, 2.45) is 5.92 Å². The van der Waals surface area contributed by atoms with Crippen molar-refractivity contribution < 1.29 is 23.5 Å². The highest BCUT2D eigenvalue weighted by atomic mass is 35.5. The molecule has 3 amide bonds. The highest BCUT2D eigenvalue weighted by Gasteiger charge is 2.57. The smallest absolute Gasteiger partial charge is 0.308 e. The summed E-state index contributed by atoms with van der Waals surface area (Å²) in [5, 5.41) is 2.69. The lowest BCUT2D eigenvalue weighted by Gasteiger charge is -2.31. The molecule has 3 heterocycles. The van der Waals surface area contributed by atoms with E-state index in [1.165, 1.54) is 35.9 Å².